The molecule has 0 aliphatic carbocycles. The Labute approximate surface area is 185 Å². The summed E-state index contributed by atoms with van der Waals surface area (Å²) in [7, 11) is 0. The topological polar surface area (TPSA) is 129 Å². The van der Waals surface area contributed by atoms with Gasteiger partial charge in [0.2, 0.25) is 5.91 Å². The summed E-state index contributed by atoms with van der Waals surface area (Å²) in [5, 5.41) is 7.59. The Morgan fingerprint density at radius 3 is 2.28 bits per heavy atom. The zero-order valence-electron chi connectivity index (χ0n) is 18.7. The van der Waals surface area contributed by atoms with Crippen molar-refractivity contribution in [1.82, 2.24) is 14.8 Å². The highest BCUT2D eigenvalue weighted by molar-refractivity contribution is 6.04. The van der Waals surface area contributed by atoms with Gasteiger partial charge in [0.05, 0.1) is 17.1 Å². The normalized spacial score (nSPS) is 12.2. The van der Waals surface area contributed by atoms with Crippen molar-refractivity contribution in [3.05, 3.63) is 53.3 Å². The fourth-order valence-corrected chi connectivity index (χ4v) is 3.12. The number of nitrogens with zero attached hydrogens (tertiary/aromatic N) is 3. The van der Waals surface area contributed by atoms with Crippen molar-refractivity contribution in [2.45, 2.75) is 52.7 Å². The lowest BCUT2D eigenvalue weighted by molar-refractivity contribution is -0.123. The second kappa shape index (κ2) is 9.17. The minimum atomic E-state index is -1.05. The third-order valence-electron chi connectivity index (χ3n) is 4.98. The fourth-order valence-electron chi connectivity index (χ4n) is 3.12. The van der Waals surface area contributed by atoms with Crippen molar-refractivity contribution >= 4 is 34.5 Å². The van der Waals surface area contributed by atoms with E-state index in [1.165, 1.54) is 19.1 Å². The zero-order valence-corrected chi connectivity index (χ0v) is 18.7. The van der Waals surface area contributed by atoms with Crippen molar-refractivity contribution in [2.24, 2.45) is 5.73 Å². The van der Waals surface area contributed by atoms with Crippen LogP contribution in [0.2, 0.25) is 0 Å². The molecule has 0 bridgehead atoms. The number of carbonyl (C=O) groups excluding carboxylic acids is 3. The monoisotopic (exact) mass is 437 g/mol. The van der Waals surface area contributed by atoms with Crippen LogP contribution in [0.25, 0.3) is 11.0 Å². The molecular formula is C23H27N5O4. The van der Waals surface area contributed by atoms with Crippen LogP contribution in [0.1, 0.15) is 73.0 Å². The summed E-state index contributed by atoms with van der Waals surface area (Å²) >= 11 is 0. The molecule has 0 radical (unpaired) electrons. The highest BCUT2D eigenvalue weighted by Crippen LogP contribution is 2.25. The maximum absolute atomic E-state index is 13.0. The van der Waals surface area contributed by atoms with Gasteiger partial charge in [-0.05, 0) is 57.0 Å². The Balaban J connectivity index is 1.81. The van der Waals surface area contributed by atoms with Gasteiger partial charge in [0.1, 0.15) is 0 Å². The molecule has 0 saturated carbocycles. The van der Waals surface area contributed by atoms with E-state index in [9.17, 15) is 14.4 Å². The van der Waals surface area contributed by atoms with Gasteiger partial charge in [-0.25, -0.2) is 14.5 Å². The van der Waals surface area contributed by atoms with E-state index in [0.717, 1.165) is 5.69 Å². The number of benzene rings is 1. The summed E-state index contributed by atoms with van der Waals surface area (Å²) in [6.45, 7) is 9.43. The van der Waals surface area contributed by atoms with Crippen LogP contribution < -0.4 is 11.1 Å². The molecule has 32 heavy (non-hydrogen) atoms. The molecule has 1 aromatic carbocycles. The van der Waals surface area contributed by atoms with Crippen LogP contribution in [0.3, 0.4) is 0 Å². The number of nitrogens with two attached hydrogens (primary N) is 1. The summed E-state index contributed by atoms with van der Waals surface area (Å²) in [6.07, 6.45) is 0.540. The molecule has 0 aliphatic rings. The van der Waals surface area contributed by atoms with Crippen molar-refractivity contribution in [3.8, 4) is 0 Å². The molecule has 0 aliphatic heterocycles. The first-order chi connectivity index (χ1) is 15.1. The summed E-state index contributed by atoms with van der Waals surface area (Å²) in [5.41, 5.74) is 7.65. The van der Waals surface area contributed by atoms with Gasteiger partial charge in [0, 0.05) is 23.0 Å². The molecule has 1 atom stereocenters. The fraction of sp³-hybridized carbons (Fsp3) is 0.348. The molecule has 0 saturated heterocycles. The number of primary amides is 1. The van der Waals surface area contributed by atoms with Crippen LogP contribution in [0, 0.1) is 0 Å². The SMILES string of the molecule is CC(OC(=O)c1cc(C(C)C)nc2c1cnn2C(C)C)C(=O)Nc1ccc(C(N)=O)cc1. The Hall–Kier alpha value is -3.75. The zero-order chi connectivity index (χ0) is 23.6. The number of hydrogen-bond donors (Lipinski definition) is 2. The van der Waals surface area contributed by atoms with Gasteiger partial charge in [0.25, 0.3) is 5.91 Å². The Morgan fingerprint density at radius 2 is 1.72 bits per heavy atom. The number of anilines is 1. The average Bonchev–Trinajstić information content (AvgIpc) is 3.17. The summed E-state index contributed by atoms with van der Waals surface area (Å²) in [6, 6.07) is 7.86. The molecule has 2 aromatic heterocycles. The molecule has 9 heteroatoms. The summed E-state index contributed by atoms with van der Waals surface area (Å²) in [5.74, 6) is -1.60. The number of ether oxygens (including phenoxy) is 1. The lowest BCUT2D eigenvalue weighted by Crippen LogP contribution is -2.30. The Kier molecular flexibility index (Phi) is 6.57. The second-order valence-electron chi connectivity index (χ2n) is 8.15. The van der Waals surface area contributed by atoms with Crippen molar-refractivity contribution < 1.29 is 19.1 Å². The van der Waals surface area contributed by atoms with Crippen LogP contribution in [-0.2, 0) is 9.53 Å². The second-order valence-corrected chi connectivity index (χ2v) is 8.15. The highest BCUT2D eigenvalue weighted by Gasteiger charge is 2.24. The van der Waals surface area contributed by atoms with Crippen molar-refractivity contribution in [3.63, 3.8) is 0 Å². The van der Waals surface area contributed by atoms with E-state index in [4.69, 9.17) is 10.5 Å². The lowest BCUT2D eigenvalue weighted by atomic mass is 10.1. The van der Waals surface area contributed by atoms with E-state index >= 15 is 0 Å². The van der Waals surface area contributed by atoms with E-state index in [2.05, 4.69) is 15.4 Å². The molecule has 0 fully saturated rings. The van der Waals surface area contributed by atoms with Crippen LogP contribution in [0.5, 0.6) is 0 Å². The molecule has 1 unspecified atom stereocenters. The van der Waals surface area contributed by atoms with Gasteiger partial charge in [-0.2, -0.15) is 5.10 Å². The van der Waals surface area contributed by atoms with Gasteiger partial charge in [0.15, 0.2) is 11.8 Å². The van der Waals surface area contributed by atoms with Gasteiger partial charge in [-0.3, -0.25) is 9.59 Å². The average molecular weight is 438 g/mol. The quantitative estimate of drug-likeness (QED) is 0.545. The van der Waals surface area contributed by atoms with Crippen molar-refractivity contribution in [1.29, 1.82) is 0 Å². The lowest BCUT2D eigenvalue weighted by Gasteiger charge is -2.15. The maximum atomic E-state index is 13.0. The third-order valence-corrected chi connectivity index (χ3v) is 4.98. The number of aromatic nitrogens is 3. The van der Waals surface area contributed by atoms with Crippen LogP contribution in [0.4, 0.5) is 5.69 Å². The van der Waals surface area contributed by atoms with Crippen LogP contribution >= 0.6 is 0 Å². The smallest absolute Gasteiger partial charge is 0.339 e. The molecule has 3 N–H and O–H groups in total. The minimum absolute atomic E-state index is 0.0666. The molecule has 9 nitrogen and oxygen atoms in total. The Bertz CT molecular complexity index is 1170. The van der Waals surface area contributed by atoms with Gasteiger partial charge in [-0.15, -0.1) is 0 Å². The largest absolute Gasteiger partial charge is 0.449 e. The van der Waals surface area contributed by atoms with E-state index < -0.39 is 23.9 Å². The van der Waals surface area contributed by atoms with E-state index in [-0.39, 0.29) is 12.0 Å². The predicted molar refractivity (Wildman–Crippen MR) is 120 cm³/mol. The first-order valence-corrected chi connectivity index (χ1v) is 10.4. The standard InChI is InChI=1S/C23H27N5O4/c1-12(2)19-10-17(18-11-25-28(13(3)4)21(18)27-19)23(31)32-14(5)22(30)26-16-8-6-15(7-9-16)20(24)29/h6-14H,1-5H3,(H2,24,29)(H,26,30). The van der Waals surface area contributed by atoms with Crippen molar-refractivity contribution in [2.75, 3.05) is 5.32 Å². The number of rotatable bonds is 7. The molecular weight excluding hydrogens is 410 g/mol. The number of esters is 1. The number of pyridine rings is 1. The molecule has 2 heterocycles. The van der Waals surface area contributed by atoms with E-state index in [1.807, 2.05) is 27.7 Å². The summed E-state index contributed by atoms with van der Waals surface area (Å²) in [4.78, 5) is 41.3. The number of carbonyl (C=O) groups is 3. The maximum Gasteiger partial charge on any atom is 0.339 e. The number of nitrogens with one attached hydrogen (secondary N) is 1. The molecule has 2 amide bonds. The highest BCUT2D eigenvalue weighted by atomic mass is 16.5. The predicted octanol–water partition coefficient (Wildman–Crippen LogP) is 3.42. The van der Waals surface area contributed by atoms with Gasteiger partial charge in [-0.1, -0.05) is 13.8 Å². The van der Waals surface area contributed by atoms with Gasteiger partial charge < -0.3 is 15.8 Å². The van der Waals surface area contributed by atoms with E-state index in [0.29, 0.717) is 27.8 Å². The van der Waals surface area contributed by atoms with E-state index in [1.54, 1.807) is 29.1 Å². The molecule has 0 spiro atoms. The molecule has 168 valence electrons. The number of hydrogen-bond acceptors (Lipinski definition) is 6. The first-order valence-electron chi connectivity index (χ1n) is 10.4. The first kappa shape index (κ1) is 22.9. The minimum Gasteiger partial charge on any atom is -0.449 e. The Morgan fingerprint density at radius 1 is 1.06 bits per heavy atom. The third kappa shape index (κ3) is 4.77. The molecule has 3 rings (SSSR count). The van der Waals surface area contributed by atoms with Crippen LogP contribution in [-0.4, -0.2) is 38.7 Å². The number of fused-ring (bicyclic) bond motifs is 1. The van der Waals surface area contributed by atoms with Crippen LogP contribution in [0.15, 0.2) is 36.5 Å². The van der Waals surface area contributed by atoms with Gasteiger partial charge >= 0.3 is 5.97 Å². The molecule has 3 aromatic rings. The summed E-state index contributed by atoms with van der Waals surface area (Å²) < 4.78 is 7.21. The number of amides is 2.